The van der Waals surface area contributed by atoms with Crippen molar-refractivity contribution >= 4 is 34.4 Å². The molecule has 0 unspecified atom stereocenters. The van der Waals surface area contributed by atoms with E-state index in [2.05, 4.69) is 14.8 Å². The van der Waals surface area contributed by atoms with Gasteiger partial charge in [-0.3, -0.25) is 9.69 Å². The Labute approximate surface area is 115 Å². The van der Waals surface area contributed by atoms with Crippen LogP contribution in [0.5, 0.6) is 0 Å². The van der Waals surface area contributed by atoms with Crippen molar-refractivity contribution in [2.24, 2.45) is 0 Å². The van der Waals surface area contributed by atoms with Crippen LogP contribution >= 0.6 is 22.9 Å². The lowest BCUT2D eigenvalue weighted by molar-refractivity contribution is 0.112. The van der Waals surface area contributed by atoms with Crippen LogP contribution in [0.4, 0.5) is 5.13 Å². The lowest BCUT2D eigenvalue weighted by atomic mass is 10.4. The number of aliphatic hydroxyl groups is 1. The summed E-state index contributed by atoms with van der Waals surface area (Å²) in [5.74, 6) is 0. The Morgan fingerprint density at radius 3 is 2.89 bits per heavy atom. The van der Waals surface area contributed by atoms with Crippen LogP contribution in [0.3, 0.4) is 0 Å². The third-order valence-corrected chi connectivity index (χ3v) is 4.42. The molecule has 0 aromatic carbocycles. The maximum atomic E-state index is 10.8. The van der Waals surface area contributed by atoms with Gasteiger partial charge in [-0.25, -0.2) is 4.98 Å². The number of β-amino-alcohol motifs (C(OH)–C–C–N with tert-alkyl or cyclic N) is 1. The molecule has 0 saturated carbocycles. The number of hydrogen-bond donors (Lipinski definition) is 1. The van der Waals surface area contributed by atoms with Crippen molar-refractivity contribution in [3.63, 3.8) is 0 Å². The summed E-state index contributed by atoms with van der Waals surface area (Å²) in [7, 11) is 0. The summed E-state index contributed by atoms with van der Waals surface area (Å²) in [4.78, 5) is 19.9. The maximum absolute atomic E-state index is 10.8. The number of rotatable bonds is 4. The van der Waals surface area contributed by atoms with E-state index in [1.165, 1.54) is 11.3 Å². The Morgan fingerprint density at radius 1 is 1.39 bits per heavy atom. The Hall–Kier alpha value is -0.690. The van der Waals surface area contributed by atoms with Gasteiger partial charge in [-0.15, -0.1) is 0 Å². The van der Waals surface area contributed by atoms with Crippen LogP contribution in [0.25, 0.3) is 0 Å². The van der Waals surface area contributed by atoms with Gasteiger partial charge in [0.25, 0.3) is 0 Å². The monoisotopic (exact) mass is 289 g/mol. The zero-order chi connectivity index (χ0) is 13.0. The molecular weight excluding hydrogens is 274 g/mol. The van der Waals surface area contributed by atoms with Crippen LogP contribution in [0.15, 0.2) is 0 Å². The van der Waals surface area contributed by atoms with E-state index in [0.717, 1.165) is 44.0 Å². The normalized spacial score (nSPS) is 17.8. The first kappa shape index (κ1) is 13.7. The van der Waals surface area contributed by atoms with Gasteiger partial charge >= 0.3 is 0 Å². The molecule has 2 rings (SSSR count). The van der Waals surface area contributed by atoms with Crippen molar-refractivity contribution in [3.05, 3.63) is 10.0 Å². The summed E-state index contributed by atoms with van der Waals surface area (Å²) in [6.07, 6.45) is 1.77. The van der Waals surface area contributed by atoms with Gasteiger partial charge in [0.05, 0.1) is 6.61 Å². The molecule has 5 nitrogen and oxygen atoms in total. The number of carbonyl (C=O) groups excluding carboxylic acids is 1. The summed E-state index contributed by atoms with van der Waals surface area (Å²) >= 11 is 7.22. The van der Waals surface area contributed by atoms with Gasteiger partial charge in [0.2, 0.25) is 0 Å². The van der Waals surface area contributed by atoms with Crippen molar-refractivity contribution in [2.45, 2.75) is 6.42 Å². The van der Waals surface area contributed by atoms with E-state index in [1.54, 1.807) is 0 Å². The Balaban J connectivity index is 2.02. The second-order valence-corrected chi connectivity index (χ2v) is 5.54. The Kier molecular flexibility index (Phi) is 4.94. The first-order valence-electron chi connectivity index (χ1n) is 5.94. The van der Waals surface area contributed by atoms with Crippen molar-refractivity contribution in [2.75, 3.05) is 44.2 Å². The number of aromatic nitrogens is 1. The number of carbonyl (C=O) groups is 1. The minimum atomic E-state index is 0.193. The fourth-order valence-corrected chi connectivity index (χ4v) is 3.15. The molecule has 7 heteroatoms. The van der Waals surface area contributed by atoms with E-state index in [0.29, 0.717) is 16.6 Å². The molecule has 100 valence electrons. The molecule has 0 spiro atoms. The average molecular weight is 290 g/mol. The number of anilines is 1. The highest BCUT2D eigenvalue weighted by Gasteiger charge is 2.18. The van der Waals surface area contributed by atoms with Gasteiger partial charge in [0, 0.05) is 26.2 Å². The van der Waals surface area contributed by atoms with Crippen molar-refractivity contribution in [1.29, 1.82) is 0 Å². The highest BCUT2D eigenvalue weighted by Crippen LogP contribution is 2.28. The first-order valence-corrected chi connectivity index (χ1v) is 7.13. The number of nitrogens with zero attached hydrogens (tertiary/aromatic N) is 3. The molecule has 1 aliphatic heterocycles. The molecule has 0 bridgehead atoms. The van der Waals surface area contributed by atoms with E-state index in [9.17, 15) is 4.79 Å². The molecule has 0 aliphatic carbocycles. The van der Waals surface area contributed by atoms with Gasteiger partial charge in [0.15, 0.2) is 16.6 Å². The van der Waals surface area contributed by atoms with Gasteiger partial charge in [-0.2, -0.15) is 0 Å². The molecule has 1 aromatic rings. The fraction of sp³-hybridized carbons (Fsp3) is 0.636. The zero-order valence-electron chi connectivity index (χ0n) is 10.0. The predicted molar refractivity (Wildman–Crippen MR) is 72.9 cm³/mol. The molecule has 18 heavy (non-hydrogen) atoms. The molecule has 0 atom stereocenters. The van der Waals surface area contributed by atoms with Gasteiger partial charge in [-0.1, -0.05) is 22.9 Å². The summed E-state index contributed by atoms with van der Waals surface area (Å²) in [6, 6.07) is 0. The molecule has 1 aliphatic rings. The largest absolute Gasteiger partial charge is 0.395 e. The van der Waals surface area contributed by atoms with E-state index >= 15 is 0 Å². The van der Waals surface area contributed by atoms with E-state index in [1.807, 2.05) is 0 Å². The topological polar surface area (TPSA) is 56.7 Å². The average Bonchev–Trinajstić information content (AvgIpc) is 2.59. The molecule has 1 aromatic heterocycles. The van der Waals surface area contributed by atoms with Crippen LogP contribution in [0, 0.1) is 0 Å². The quantitative estimate of drug-likeness (QED) is 0.842. The molecule has 1 N–H and O–H groups in total. The first-order chi connectivity index (χ1) is 8.74. The lowest BCUT2D eigenvalue weighted by Crippen LogP contribution is -2.32. The van der Waals surface area contributed by atoms with Crippen molar-refractivity contribution < 1.29 is 9.90 Å². The second kappa shape index (κ2) is 6.47. The standard InChI is InChI=1S/C11H16ClN3O2S/c12-10-9(8-17)18-11(13-10)15-3-1-2-14(4-5-15)6-7-16/h8,16H,1-7H2. The summed E-state index contributed by atoms with van der Waals surface area (Å²) < 4.78 is 0. The number of aliphatic hydroxyl groups excluding tert-OH is 1. The molecule has 2 heterocycles. The van der Waals surface area contributed by atoms with E-state index in [4.69, 9.17) is 16.7 Å². The minimum absolute atomic E-state index is 0.193. The third kappa shape index (κ3) is 3.20. The van der Waals surface area contributed by atoms with E-state index in [-0.39, 0.29) is 6.61 Å². The van der Waals surface area contributed by atoms with Crippen LogP contribution in [0.1, 0.15) is 16.1 Å². The Morgan fingerprint density at radius 2 is 2.22 bits per heavy atom. The van der Waals surface area contributed by atoms with Crippen LogP contribution < -0.4 is 4.90 Å². The summed E-state index contributed by atoms with van der Waals surface area (Å²) in [6.45, 7) is 4.54. The minimum Gasteiger partial charge on any atom is -0.395 e. The molecule has 1 fully saturated rings. The zero-order valence-corrected chi connectivity index (χ0v) is 11.6. The van der Waals surface area contributed by atoms with Gasteiger partial charge in [0.1, 0.15) is 4.88 Å². The highest BCUT2D eigenvalue weighted by molar-refractivity contribution is 7.17. The SMILES string of the molecule is O=Cc1sc(N2CCCN(CCO)CC2)nc1Cl. The summed E-state index contributed by atoms with van der Waals surface area (Å²) in [5, 5.41) is 10.0. The number of aldehydes is 1. The van der Waals surface area contributed by atoms with E-state index < -0.39 is 0 Å². The van der Waals surface area contributed by atoms with Crippen LogP contribution in [-0.2, 0) is 0 Å². The molecule has 0 radical (unpaired) electrons. The predicted octanol–water partition coefficient (Wildman–Crippen LogP) is 1.11. The van der Waals surface area contributed by atoms with Gasteiger partial charge in [-0.05, 0) is 13.0 Å². The summed E-state index contributed by atoms with van der Waals surface area (Å²) in [5.41, 5.74) is 0. The van der Waals surface area contributed by atoms with Crippen molar-refractivity contribution in [1.82, 2.24) is 9.88 Å². The fourth-order valence-electron chi connectivity index (χ4n) is 2.04. The second-order valence-electron chi connectivity index (χ2n) is 4.18. The lowest BCUT2D eigenvalue weighted by Gasteiger charge is -2.20. The van der Waals surface area contributed by atoms with Gasteiger partial charge < -0.3 is 10.0 Å². The maximum Gasteiger partial charge on any atom is 0.187 e. The molecular formula is C11H16ClN3O2S. The van der Waals surface area contributed by atoms with Crippen molar-refractivity contribution in [3.8, 4) is 0 Å². The number of thiazole rings is 1. The van der Waals surface area contributed by atoms with Crippen LogP contribution in [0.2, 0.25) is 5.15 Å². The Bertz CT molecular complexity index is 413. The van der Waals surface area contributed by atoms with Crippen LogP contribution in [-0.4, -0.2) is 60.6 Å². The number of hydrogen-bond acceptors (Lipinski definition) is 6. The molecule has 1 saturated heterocycles. The number of halogens is 1. The molecule has 0 amide bonds. The third-order valence-electron chi connectivity index (χ3n) is 2.98. The smallest absolute Gasteiger partial charge is 0.187 e. The highest BCUT2D eigenvalue weighted by atomic mass is 35.5.